The lowest BCUT2D eigenvalue weighted by atomic mass is 9.72. The molecule has 0 amide bonds. The van der Waals surface area contributed by atoms with Crippen molar-refractivity contribution in [2.24, 2.45) is 0 Å². The quantitative estimate of drug-likeness (QED) is 0.582. The minimum absolute atomic E-state index is 0.0394. The Morgan fingerprint density at radius 3 is 1.41 bits per heavy atom. The second-order valence-corrected chi connectivity index (χ2v) is 10.1. The number of hydrogen-bond acceptors (Lipinski definition) is 2. The van der Waals surface area contributed by atoms with Crippen LogP contribution in [0.1, 0.15) is 73.9 Å². The van der Waals surface area contributed by atoms with Crippen molar-refractivity contribution in [1.82, 2.24) is 0 Å². The predicted octanol–water partition coefficient (Wildman–Crippen LogP) is 6.22. The number of hydrogen-bond donors (Lipinski definition) is 2. The van der Waals surface area contributed by atoms with Crippen LogP contribution in [0.5, 0.6) is 11.5 Å². The van der Waals surface area contributed by atoms with Crippen LogP contribution >= 0.6 is 23.2 Å². The van der Waals surface area contributed by atoms with E-state index in [9.17, 15) is 10.2 Å². The van der Waals surface area contributed by atoms with Crippen LogP contribution < -0.4 is 0 Å². The first-order chi connectivity index (χ1) is 12.6. The van der Waals surface area contributed by atoms with Gasteiger partial charge in [0, 0.05) is 16.5 Å². The van der Waals surface area contributed by atoms with Gasteiger partial charge in [0.2, 0.25) is 0 Å². The van der Waals surface area contributed by atoms with Crippen LogP contribution in [0.4, 0.5) is 0 Å². The molecule has 0 unspecified atom stereocenters. The van der Waals surface area contributed by atoms with Gasteiger partial charge in [0.05, 0.1) is 11.8 Å². The molecule has 0 heterocycles. The van der Waals surface area contributed by atoms with Crippen LogP contribution in [-0.4, -0.2) is 10.2 Å². The first-order valence-electron chi connectivity index (χ1n) is 9.41. The number of aromatic hydroxyl groups is 2. The second-order valence-electron chi connectivity index (χ2n) is 9.52. The predicted molar refractivity (Wildman–Crippen MR) is 111 cm³/mol. The zero-order valence-corrected chi connectivity index (χ0v) is 17.8. The number of rotatable bonds is 2. The molecular formula is C23H26Cl2O2. The normalized spacial score (nSPS) is 20.7. The van der Waals surface area contributed by atoms with Crippen molar-refractivity contribution in [2.75, 3.05) is 0 Å². The Morgan fingerprint density at radius 2 is 1.07 bits per heavy atom. The number of phenolic OH excluding ortho intramolecular Hbond substituents is 2. The van der Waals surface area contributed by atoms with E-state index >= 15 is 0 Å². The Bertz CT molecular complexity index is 866. The van der Waals surface area contributed by atoms with Gasteiger partial charge in [-0.05, 0) is 58.1 Å². The molecule has 0 saturated heterocycles. The van der Waals surface area contributed by atoms with Crippen LogP contribution in [0, 0.1) is 0 Å². The molecule has 2 N–H and O–H groups in total. The molecular weight excluding hydrogens is 379 g/mol. The van der Waals surface area contributed by atoms with Crippen molar-refractivity contribution in [1.29, 1.82) is 0 Å². The molecule has 2 aliphatic rings. The monoisotopic (exact) mass is 404 g/mol. The first kappa shape index (κ1) is 19.0. The lowest BCUT2D eigenvalue weighted by molar-refractivity contribution is 0.348. The van der Waals surface area contributed by atoms with Crippen molar-refractivity contribution < 1.29 is 10.2 Å². The summed E-state index contributed by atoms with van der Waals surface area (Å²) in [5, 5.41) is 21.1. The highest BCUT2D eigenvalue weighted by molar-refractivity contribution is 6.17. The van der Waals surface area contributed by atoms with Crippen LogP contribution in [0.25, 0.3) is 0 Å². The third kappa shape index (κ3) is 2.53. The van der Waals surface area contributed by atoms with Gasteiger partial charge in [-0.3, -0.25) is 0 Å². The van der Waals surface area contributed by atoms with Crippen molar-refractivity contribution in [3.8, 4) is 11.5 Å². The molecule has 0 radical (unpaired) electrons. The van der Waals surface area contributed by atoms with Crippen molar-refractivity contribution in [3.63, 3.8) is 0 Å². The highest BCUT2D eigenvalue weighted by atomic mass is 35.5. The first-order valence-corrected chi connectivity index (χ1v) is 10.5. The molecule has 27 heavy (non-hydrogen) atoms. The van der Waals surface area contributed by atoms with E-state index in [-0.39, 0.29) is 27.7 Å². The summed E-state index contributed by atoms with van der Waals surface area (Å²) in [5.41, 5.74) is 6.09. The van der Waals surface area contributed by atoms with E-state index in [0.29, 0.717) is 11.8 Å². The number of alkyl halides is 2. The summed E-state index contributed by atoms with van der Waals surface area (Å²) in [6.07, 6.45) is 1.88. The fourth-order valence-corrected chi connectivity index (χ4v) is 6.11. The zero-order chi connectivity index (χ0) is 19.8. The van der Waals surface area contributed by atoms with Gasteiger partial charge in [0.15, 0.2) is 0 Å². The standard InChI is InChI=1S/C23H26Cl2O2/c1-21(2)11-23(17-7-19(26)13(9-24)5-15(17)21)12-22(3,4)16-6-14(10-25)20(27)8-18(16)23/h5-8,26-27H,9-12H2,1-4H3. The molecule has 0 aromatic heterocycles. The molecule has 1 spiro atoms. The topological polar surface area (TPSA) is 40.5 Å². The maximum atomic E-state index is 10.6. The van der Waals surface area contributed by atoms with Crippen LogP contribution in [0.3, 0.4) is 0 Å². The number of benzene rings is 2. The highest BCUT2D eigenvalue weighted by Gasteiger charge is 2.56. The fourth-order valence-electron chi connectivity index (χ4n) is 5.68. The third-order valence-electron chi connectivity index (χ3n) is 6.70. The molecule has 0 saturated carbocycles. The largest absolute Gasteiger partial charge is 0.508 e. The molecule has 0 bridgehead atoms. The van der Waals surface area contributed by atoms with Gasteiger partial charge < -0.3 is 10.2 Å². The maximum absolute atomic E-state index is 10.6. The van der Waals surface area contributed by atoms with Gasteiger partial charge in [-0.1, -0.05) is 39.8 Å². The molecule has 0 atom stereocenters. The van der Waals surface area contributed by atoms with Crippen molar-refractivity contribution in [2.45, 2.75) is 68.5 Å². The fraction of sp³-hybridized carbons (Fsp3) is 0.478. The molecule has 0 aliphatic heterocycles. The molecule has 2 nitrogen and oxygen atoms in total. The van der Waals surface area contributed by atoms with E-state index in [0.717, 1.165) is 24.0 Å². The Morgan fingerprint density at radius 1 is 0.704 bits per heavy atom. The van der Waals surface area contributed by atoms with Crippen LogP contribution in [-0.2, 0) is 28.0 Å². The molecule has 144 valence electrons. The van der Waals surface area contributed by atoms with E-state index in [4.69, 9.17) is 23.2 Å². The molecule has 4 rings (SSSR count). The van der Waals surface area contributed by atoms with E-state index in [2.05, 4.69) is 39.8 Å². The van der Waals surface area contributed by atoms with Gasteiger partial charge in [0.1, 0.15) is 11.5 Å². The van der Waals surface area contributed by atoms with Gasteiger partial charge in [-0.25, -0.2) is 0 Å². The van der Waals surface area contributed by atoms with Gasteiger partial charge in [-0.2, -0.15) is 0 Å². The molecule has 4 heteroatoms. The average Bonchev–Trinajstić information content (AvgIpc) is 2.93. The second kappa shape index (κ2) is 5.81. The molecule has 0 fully saturated rings. The summed E-state index contributed by atoms with van der Waals surface area (Å²) in [7, 11) is 0. The Kier molecular flexibility index (Phi) is 4.08. The minimum Gasteiger partial charge on any atom is -0.508 e. The summed E-state index contributed by atoms with van der Waals surface area (Å²) in [6.45, 7) is 9.03. The van der Waals surface area contributed by atoms with Crippen molar-refractivity contribution in [3.05, 3.63) is 57.6 Å². The van der Waals surface area contributed by atoms with Gasteiger partial charge in [0.25, 0.3) is 0 Å². The van der Waals surface area contributed by atoms with E-state index in [1.54, 1.807) is 0 Å². The Labute approximate surface area is 171 Å². The summed E-state index contributed by atoms with van der Waals surface area (Å²) >= 11 is 12.1. The summed E-state index contributed by atoms with van der Waals surface area (Å²) < 4.78 is 0. The molecule has 2 aromatic carbocycles. The minimum atomic E-state index is -0.220. The van der Waals surface area contributed by atoms with Crippen LogP contribution in [0.2, 0.25) is 0 Å². The average molecular weight is 405 g/mol. The van der Waals surface area contributed by atoms with E-state index in [1.807, 2.05) is 12.1 Å². The molecule has 2 aliphatic carbocycles. The van der Waals surface area contributed by atoms with Gasteiger partial charge >= 0.3 is 0 Å². The number of phenols is 2. The van der Waals surface area contributed by atoms with E-state index < -0.39 is 0 Å². The van der Waals surface area contributed by atoms with Crippen LogP contribution in [0.15, 0.2) is 24.3 Å². The smallest absolute Gasteiger partial charge is 0.120 e. The SMILES string of the molecule is CC1(C)CC2(CC(C)(C)c3cc(CCl)c(O)cc32)c2cc(O)c(CCl)cc21. The van der Waals surface area contributed by atoms with E-state index in [1.165, 1.54) is 22.3 Å². The van der Waals surface area contributed by atoms with Gasteiger partial charge in [-0.15, -0.1) is 23.2 Å². The summed E-state index contributed by atoms with van der Waals surface area (Å²) in [5.74, 6) is 1.11. The number of fused-ring (bicyclic) bond motifs is 4. The highest BCUT2D eigenvalue weighted by Crippen LogP contribution is 2.63. The lowest BCUT2D eigenvalue weighted by Crippen LogP contribution is -2.26. The summed E-state index contributed by atoms with van der Waals surface area (Å²) in [6, 6.07) is 7.98. The lowest BCUT2D eigenvalue weighted by Gasteiger charge is -2.30. The summed E-state index contributed by atoms with van der Waals surface area (Å²) in [4.78, 5) is 0. The van der Waals surface area contributed by atoms with Crippen molar-refractivity contribution >= 4 is 23.2 Å². The zero-order valence-electron chi connectivity index (χ0n) is 16.3. The Hall–Kier alpha value is -1.38. The Balaban J connectivity index is 2.03. The third-order valence-corrected chi connectivity index (χ3v) is 7.28. The molecule has 2 aromatic rings. The maximum Gasteiger partial charge on any atom is 0.120 e. The number of halogens is 2.